The summed E-state index contributed by atoms with van der Waals surface area (Å²) in [5, 5.41) is 1.28. The van der Waals surface area contributed by atoms with Crippen molar-refractivity contribution in [3.05, 3.63) is 45.7 Å². The molecule has 0 radical (unpaired) electrons. The molecular weight excluding hydrogens is 275 g/mol. The van der Waals surface area contributed by atoms with E-state index in [4.69, 9.17) is 23.2 Å². The lowest BCUT2D eigenvalue weighted by Gasteiger charge is -2.05. The zero-order valence-corrected chi connectivity index (χ0v) is 11.1. The van der Waals surface area contributed by atoms with E-state index in [1.807, 2.05) is 36.0 Å². The lowest BCUT2D eigenvalue weighted by Crippen LogP contribution is -1.97. The Morgan fingerprint density at radius 2 is 1.76 bits per heavy atom. The van der Waals surface area contributed by atoms with Crippen molar-refractivity contribution in [3.63, 3.8) is 0 Å². The van der Waals surface area contributed by atoms with Gasteiger partial charge in [-0.15, -0.1) is 0 Å². The molecule has 0 saturated heterocycles. The Morgan fingerprint density at radius 3 is 2.53 bits per heavy atom. The second-order valence-corrected chi connectivity index (χ2v) is 5.54. The molecule has 1 aliphatic rings. The van der Waals surface area contributed by atoms with Crippen LogP contribution in [0.2, 0.25) is 10.2 Å². The molecule has 2 aromatic rings. The van der Waals surface area contributed by atoms with Gasteiger partial charge in [0.05, 0.1) is 5.69 Å². The molecule has 1 aliphatic heterocycles. The summed E-state index contributed by atoms with van der Waals surface area (Å²) < 4.78 is 0. The Hall–Kier alpha value is -0.770. The molecule has 2 heterocycles. The average Bonchev–Trinajstić information content (AvgIpc) is 2.78. The minimum atomic E-state index is 0.574. The van der Waals surface area contributed by atoms with Crippen LogP contribution in [0.1, 0.15) is 11.3 Å². The molecule has 0 aliphatic carbocycles. The van der Waals surface area contributed by atoms with Gasteiger partial charge in [0.25, 0.3) is 0 Å². The number of hydrogen-bond acceptors (Lipinski definition) is 3. The highest BCUT2D eigenvalue weighted by Crippen LogP contribution is 2.34. The van der Waals surface area contributed by atoms with E-state index in [-0.39, 0.29) is 0 Å². The quantitative estimate of drug-likeness (QED) is 0.734. The van der Waals surface area contributed by atoms with Crippen molar-refractivity contribution >= 4 is 35.0 Å². The van der Waals surface area contributed by atoms with E-state index in [9.17, 15) is 0 Å². The molecule has 1 aromatic heterocycles. The van der Waals surface area contributed by atoms with Gasteiger partial charge in [-0.1, -0.05) is 23.2 Å². The number of hydrogen-bond donors (Lipinski definition) is 0. The fourth-order valence-corrected chi connectivity index (χ4v) is 3.24. The summed E-state index contributed by atoms with van der Waals surface area (Å²) in [6.07, 6.45) is 0. The molecule has 0 saturated carbocycles. The van der Waals surface area contributed by atoms with Crippen LogP contribution in [0, 0.1) is 0 Å². The smallest absolute Gasteiger partial charge is 0.161 e. The first-order valence-corrected chi connectivity index (χ1v) is 7.04. The van der Waals surface area contributed by atoms with Crippen molar-refractivity contribution in [2.24, 2.45) is 0 Å². The van der Waals surface area contributed by atoms with Crippen molar-refractivity contribution in [2.75, 3.05) is 0 Å². The normalized spacial score (nSPS) is 13.8. The molecular formula is C12H8Cl2N2S. The third-order valence-corrected chi connectivity index (χ3v) is 4.16. The Bertz CT molecular complexity index is 569. The lowest BCUT2D eigenvalue weighted by molar-refractivity contribution is 1.07. The first-order valence-electron chi connectivity index (χ1n) is 5.13. The molecule has 2 nitrogen and oxygen atoms in total. The lowest BCUT2D eigenvalue weighted by atomic mass is 10.2. The molecule has 86 valence electrons. The standard InChI is InChI=1S/C12H8Cl2N2S/c13-8-3-1-7(2-4-8)12-15-10-6-17-5-9(10)11(14)16-12/h1-4H,5-6H2. The van der Waals surface area contributed by atoms with Gasteiger partial charge >= 0.3 is 0 Å². The summed E-state index contributed by atoms with van der Waals surface area (Å²) in [5.74, 6) is 2.50. The van der Waals surface area contributed by atoms with Gasteiger partial charge < -0.3 is 0 Å². The van der Waals surface area contributed by atoms with E-state index in [2.05, 4.69) is 9.97 Å². The zero-order valence-electron chi connectivity index (χ0n) is 8.78. The van der Waals surface area contributed by atoms with E-state index in [1.165, 1.54) is 0 Å². The second kappa shape index (κ2) is 4.48. The van der Waals surface area contributed by atoms with Crippen molar-refractivity contribution in [1.29, 1.82) is 0 Å². The number of fused-ring (bicyclic) bond motifs is 1. The Labute approximate surface area is 113 Å². The highest BCUT2D eigenvalue weighted by Gasteiger charge is 2.19. The Morgan fingerprint density at radius 1 is 1.00 bits per heavy atom. The van der Waals surface area contributed by atoms with Crippen LogP contribution in [0.25, 0.3) is 11.4 Å². The molecule has 3 rings (SSSR count). The van der Waals surface area contributed by atoms with E-state index >= 15 is 0 Å². The number of halogens is 2. The van der Waals surface area contributed by atoms with Gasteiger partial charge in [0.1, 0.15) is 5.15 Å². The molecule has 17 heavy (non-hydrogen) atoms. The summed E-state index contributed by atoms with van der Waals surface area (Å²) in [6, 6.07) is 7.47. The highest BCUT2D eigenvalue weighted by molar-refractivity contribution is 7.98. The summed E-state index contributed by atoms with van der Waals surface area (Å²) in [4.78, 5) is 8.90. The first-order chi connectivity index (χ1) is 8.24. The van der Waals surface area contributed by atoms with Crippen LogP contribution in [0.5, 0.6) is 0 Å². The molecule has 0 fully saturated rings. The topological polar surface area (TPSA) is 25.8 Å². The van der Waals surface area contributed by atoms with Gasteiger partial charge in [-0.05, 0) is 24.3 Å². The number of aromatic nitrogens is 2. The molecule has 0 spiro atoms. The van der Waals surface area contributed by atoms with E-state index < -0.39 is 0 Å². The van der Waals surface area contributed by atoms with Gasteiger partial charge in [0.15, 0.2) is 5.82 Å². The average molecular weight is 283 g/mol. The molecule has 0 unspecified atom stereocenters. The SMILES string of the molecule is Clc1ccc(-c2nc(Cl)c3c(n2)CSC3)cc1. The third kappa shape index (κ3) is 2.15. The van der Waals surface area contributed by atoms with E-state index in [0.29, 0.717) is 16.0 Å². The molecule has 1 aromatic carbocycles. The number of nitrogens with zero attached hydrogens (tertiary/aromatic N) is 2. The van der Waals surface area contributed by atoms with Crippen molar-refractivity contribution in [1.82, 2.24) is 9.97 Å². The second-order valence-electron chi connectivity index (χ2n) is 3.76. The monoisotopic (exact) mass is 282 g/mol. The van der Waals surface area contributed by atoms with Gasteiger partial charge in [-0.25, -0.2) is 9.97 Å². The molecule has 0 atom stereocenters. The summed E-state index contributed by atoms with van der Waals surface area (Å²) in [5.41, 5.74) is 3.07. The minimum absolute atomic E-state index is 0.574. The number of thioether (sulfide) groups is 1. The molecule has 0 amide bonds. The number of rotatable bonds is 1. The maximum atomic E-state index is 6.17. The van der Waals surface area contributed by atoms with Crippen LogP contribution in [-0.2, 0) is 11.5 Å². The van der Waals surface area contributed by atoms with Gasteiger partial charge in [-0.3, -0.25) is 0 Å². The number of benzene rings is 1. The van der Waals surface area contributed by atoms with Gasteiger partial charge in [0.2, 0.25) is 0 Å². The molecule has 0 N–H and O–H groups in total. The maximum Gasteiger partial charge on any atom is 0.161 e. The largest absolute Gasteiger partial charge is 0.232 e. The summed E-state index contributed by atoms with van der Waals surface area (Å²) in [6.45, 7) is 0. The predicted molar refractivity (Wildman–Crippen MR) is 72.5 cm³/mol. The van der Waals surface area contributed by atoms with Crippen LogP contribution in [0.3, 0.4) is 0 Å². The van der Waals surface area contributed by atoms with Crippen LogP contribution in [0.15, 0.2) is 24.3 Å². The minimum Gasteiger partial charge on any atom is -0.232 e. The van der Waals surface area contributed by atoms with Gasteiger partial charge in [-0.2, -0.15) is 11.8 Å². The molecule has 5 heteroatoms. The fraction of sp³-hybridized carbons (Fsp3) is 0.167. The maximum absolute atomic E-state index is 6.17. The third-order valence-electron chi connectivity index (χ3n) is 2.63. The van der Waals surface area contributed by atoms with E-state index in [0.717, 1.165) is 28.3 Å². The van der Waals surface area contributed by atoms with Crippen LogP contribution in [0.4, 0.5) is 0 Å². The van der Waals surface area contributed by atoms with E-state index in [1.54, 1.807) is 0 Å². The predicted octanol–water partition coefficient (Wildman–Crippen LogP) is 4.20. The zero-order chi connectivity index (χ0) is 11.8. The Balaban J connectivity index is 2.10. The summed E-state index contributed by atoms with van der Waals surface area (Å²) in [7, 11) is 0. The van der Waals surface area contributed by atoms with Crippen molar-refractivity contribution in [2.45, 2.75) is 11.5 Å². The molecule has 0 bridgehead atoms. The van der Waals surface area contributed by atoms with Crippen LogP contribution in [-0.4, -0.2) is 9.97 Å². The van der Waals surface area contributed by atoms with Crippen molar-refractivity contribution < 1.29 is 0 Å². The fourth-order valence-electron chi connectivity index (χ4n) is 1.74. The highest BCUT2D eigenvalue weighted by atomic mass is 35.5. The first kappa shape index (κ1) is 11.3. The van der Waals surface area contributed by atoms with Gasteiger partial charge in [0, 0.05) is 27.7 Å². The van der Waals surface area contributed by atoms with Crippen LogP contribution < -0.4 is 0 Å². The Kier molecular flexibility index (Phi) is 2.99. The van der Waals surface area contributed by atoms with Crippen LogP contribution >= 0.6 is 35.0 Å². The summed E-state index contributed by atoms with van der Waals surface area (Å²) >= 11 is 13.8. The van der Waals surface area contributed by atoms with Crippen molar-refractivity contribution in [3.8, 4) is 11.4 Å².